The van der Waals surface area contributed by atoms with Crippen molar-refractivity contribution < 1.29 is 46.7 Å². The van der Waals surface area contributed by atoms with E-state index >= 15 is 4.39 Å². The zero-order valence-corrected chi connectivity index (χ0v) is 21.4. The first-order chi connectivity index (χ1) is 16.5. The molecule has 3 fully saturated rings. The lowest BCUT2D eigenvalue weighted by molar-refractivity contribution is -0.220. The minimum Gasteiger partial charge on any atom is -0.458 e. The smallest absolute Gasteiger partial charge is 0.307 e. The van der Waals surface area contributed by atoms with E-state index in [4.69, 9.17) is 9.29 Å². The Bertz CT molecular complexity index is 1160. The number of carbonyl (C=O) groups excluding carboxylic acids is 3. The summed E-state index contributed by atoms with van der Waals surface area (Å²) in [5, 5.41) is 23.1. The van der Waals surface area contributed by atoms with Crippen LogP contribution in [0.5, 0.6) is 0 Å². The molecule has 8 atom stereocenters. The number of alkyl halides is 1. The number of carbonyl (C=O) groups is 3. The zero-order chi connectivity index (χ0) is 26.9. The molecule has 0 radical (unpaired) electrons. The fourth-order valence-corrected chi connectivity index (χ4v) is 8.11. The summed E-state index contributed by atoms with van der Waals surface area (Å²) in [5.41, 5.74) is -5.89. The van der Waals surface area contributed by atoms with Gasteiger partial charge in [0, 0.05) is 16.7 Å². The highest BCUT2D eigenvalue weighted by molar-refractivity contribution is 7.85. The van der Waals surface area contributed by atoms with Gasteiger partial charge < -0.3 is 14.9 Å². The number of aliphatic hydroxyl groups excluding tert-OH is 1. The maximum absolute atomic E-state index is 17.1. The van der Waals surface area contributed by atoms with Gasteiger partial charge in [0.2, 0.25) is 5.78 Å². The highest BCUT2D eigenvalue weighted by atomic mass is 32.2. The third kappa shape index (κ3) is 3.73. The number of esters is 1. The molecule has 0 aromatic carbocycles. The van der Waals surface area contributed by atoms with Crippen LogP contribution in [0.3, 0.4) is 0 Å². The van der Waals surface area contributed by atoms with E-state index in [-0.39, 0.29) is 12.2 Å². The number of hydrogen-bond donors (Lipinski definition) is 3. The van der Waals surface area contributed by atoms with Gasteiger partial charge in [-0.3, -0.25) is 18.9 Å². The molecule has 0 bridgehead atoms. The fourth-order valence-electron chi connectivity index (χ4n) is 7.68. The second-order valence-electron chi connectivity index (χ2n) is 11.3. The molecule has 36 heavy (non-hydrogen) atoms. The van der Waals surface area contributed by atoms with Gasteiger partial charge in [0.15, 0.2) is 18.1 Å². The molecule has 11 heteroatoms. The molecule has 0 aromatic heterocycles. The number of Topliss-reactive ketones (excluding diaryl/α,β-unsaturated/α-hetero) is 1. The molecule has 3 saturated carbocycles. The summed E-state index contributed by atoms with van der Waals surface area (Å²) >= 11 is 0. The lowest BCUT2D eigenvalue weighted by atomic mass is 9.44. The van der Waals surface area contributed by atoms with E-state index in [1.807, 2.05) is 0 Å². The molecule has 200 valence electrons. The van der Waals surface area contributed by atoms with E-state index in [2.05, 4.69) is 0 Å². The molecule has 1 unspecified atom stereocenters. The Balaban J connectivity index is 1.61. The van der Waals surface area contributed by atoms with E-state index in [1.54, 1.807) is 20.8 Å². The average molecular weight is 529 g/mol. The predicted octanol–water partition coefficient (Wildman–Crippen LogP) is 1.72. The Morgan fingerprint density at radius 1 is 1.25 bits per heavy atom. The third-order valence-electron chi connectivity index (χ3n) is 9.58. The lowest BCUT2D eigenvalue weighted by Gasteiger charge is -2.62. The van der Waals surface area contributed by atoms with Crippen molar-refractivity contribution in [2.75, 3.05) is 12.4 Å². The molecule has 0 saturated heterocycles. The van der Waals surface area contributed by atoms with E-state index in [0.717, 1.165) is 0 Å². The van der Waals surface area contributed by atoms with Crippen LogP contribution in [0.2, 0.25) is 0 Å². The summed E-state index contributed by atoms with van der Waals surface area (Å²) in [7, 11) is -4.39. The summed E-state index contributed by atoms with van der Waals surface area (Å²) in [5.74, 6) is -4.68. The van der Waals surface area contributed by atoms with Crippen molar-refractivity contribution in [1.29, 1.82) is 0 Å². The molecular formula is C25H33FO9S. The highest BCUT2D eigenvalue weighted by Gasteiger charge is 2.75. The molecule has 9 nitrogen and oxygen atoms in total. The molecule has 0 amide bonds. The predicted molar refractivity (Wildman–Crippen MR) is 125 cm³/mol. The van der Waals surface area contributed by atoms with Crippen LogP contribution in [-0.2, 0) is 29.2 Å². The second kappa shape index (κ2) is 8.54. The maximum atomic E-state index is 17.1. The standard InChI is InChI=1S/C25H33FO9S/c1-14-10-18-17-5-4-15-11-16(27)6-8-22(15,2)24(17,26)19(28)12-23(18,3)25(14,31)20(29)13-35-21(30)7-9-36(32,33)34/h6,8,11,14,17-19,28,31H,4-5,7,9-10,12-13H2,1-3H3,(H,32,33,34)/t14-,17+,18+,19+,22+,23+,24?,25+/m1/s1. The van der Waals surface area contributed by atoms with E-state index in [0.29, 0.717) is 24.8 Å². The minimum atomic E-state index is -4.39. The number of ketones is 2. The third-order valence-corrected chi connectivity index (χ3v) is 10.3. The van der Waals surface area contributed by atoms with Gasteiger partial charge >= 0.3 is 5.97 Å². The van der Waals surface area contributed by atoms with Crippen LogP contribution in [0, 0.1) is 28.6 Å². The van der Waals surface area contributed by atoms with Crippen molar-refractivity contribution in [3.63, 3.8) is 0 Å². The molecule has 0 spiro atoms. The largest absolute Gasteiger partial charge is 0.458 e. The van der Waals surface area contributed by atoms with Gasteiger partial charge in [0.05, 0.1) is 18.3 Å². The van der Waals surface area contributed by atoms with E-state index < -0.39 is 86.6 Å². The first kappa shape index (κ1) is 27.1. The summed E-state index contributed by atoms with van der Waals surface area (Å²) in [6.07, 6.45) is 3.01. The number of hydrogen-bond acceptors (Lipinski definition) is 8. The van der Waals surface area contributed by atoms with Crippen LogP contribution in [0.15, 0.2) is 23.8 Å². The number of halogens is 1. The lowest BCUT2D eigenvalue weighted by Crippen LogP contribution is -2.69. The van der Waals surface area contributed by atoms with Crippen molar-refractivity contribution in [2.24, 2.45) is 28.6 Å². The summed E-state index contributed by atoms with van der Waals surface area (Å²) in [4.78, 5) is 37.1. The average Bonchev–Trinajstić information content (AvgIpc) is 2.98. The summed E-state index contributed by atoms with van der Waals surface area (Å²) in [6.45, 7) is 4.20. The highest BCUT2D eigenvalue weighted by Crippen LogP contribution is 2.70. The first-order valence-corrected chi connectivity index (χ1v) is 13.8. The van der Waals surface area contributed by atoms with Gasteiger partial charge in [-0.05, 0) is 56.6 Å². The fraction of sp³-hybridized carbons (Fsp3) is 0.720. The summed E-state index contributed by atoms with van der Waals surface area (Å²) < 4.78 is 52.5. The number of rotatable bonds is 6. The molecular weight excluding hydrogens is 495 g/mol. The van der Waals surface area contributed by atoms with Gasteiger partial charge in [-0.25, -0.2) is 4.39 Å². The van der Waals surface area contributed by atoms with Crippen LogP contribution < -0.4 is 0 Å². The molecule has 4 aliphatic carbocycles. The van der Waals surface area contributed by atoms with Gasteiger partial charge in [-0.15, -0.1) is 0 Å². The van der Waals surface area contributed by atoms with Gasteiger partial charge in [-0.2, -0.15) is 8.42 Å². The first-order valence-electron chi connectivity index (χ1n) is 12.2. The molecule has 0 aromatic rings. The molecule has 0 aliphatic heterocycles. The SMILES string of the molecule is C[C@@H]1C[C@H]2[C@@H]3CCC4=CC(=O)C=C[C@]4(C)C3(F)[C@@H](O)C[C@]2(C)[C@@]1(O)C(=O)COC(=O)CCS(=O)(=O)O. The van der Waals surface area contributed by atoms with Crippen molar-refractivity contribution in [1.82, 2.24) is 0 Å². The van der Waals surface area contributed by atoms with Crippen LogP contribution in [0.25, 0.3) is 0 Å². The van der Waals surface area contributed by atoms with Crippen molar-refractivity contribution in [2.45, 2.75) is 70.2 Å². The Hall–Kier alpha value is -1.95. The van der Waals surface area contributed by atoms with Crippen molar-refractivity contribution >= 4 is 27.7 Å². The Morgan fingerprint density at radius 3 is 2.56 bits per heavy atom. The van der Waals surface area contributed by atoms with Gasteiger partial charge in [0.25, 0.3) is 10.1 Å². The van der Waals surface area contributed by atoms with Crippen LogP contribution >= 0.6 is 0 Å². The van der Waals surface area contributed by atoms with Crippen LogP contribution in [0.4, 0.5) is 4.39 Å². The molecule has 3 N–H and O–H groups in total. The zero-order valence-electron chi connectivity index (χ0n) is 20.6. The second-order valence-corrected chi connectivity index (χ2v) is 12.9. The Labute approximate surface area is 209 Å². The number of ether oxygens (including phenoxy) is 1. The van der Waals surface area contributed by atoms with Gasteiger partial charge in [0.1, 0.15) is 5.60 Å². The van der Waals surface area contributed by atoms with Crippen LogP contribution in [-0.4, -0.2) is 70.5 Å². The normalized spacial score (nSPS) is 43.8. The quantitative estimate of drug-likeness (QED) is 0.345. The number of allylic oxidation sites excluding steroid dienone is 4. The van der Waals surface area contributed by atoms with Gasteiger partial charge in [-0.1, -0.05) is 25.5 Å². The Kier molecular flexibility index (Phi) is 6.43. The maximum Gasteiger partial charge on any atom is 0.307 e. The van der Waals surface area contributed by atoms with E-state index in [1.165, 1.54) is 18.2 Å². The number of fused-ring (bicyclic) bond motifs is 5. The van der Waals surface area contributed by atoms with Crippen molar-refractivity contribution in [3.8, 4) is 0 Å². The number of aliphatic hydroxyl groups is 2. The minimum absolute atomic E-state index is 0.210. The topological polar surface area (TPSA) is 155 Å². The monoisotopic (exact) mass is 528 g/mol. The Morgan fingerprint density at radius 2 is 1.92 bits per heavy atom. The molecule has 4 aliphatic rings. The van der Waals surface area contributed by atoms with Crippen LogP contribution in [0.1, 0.15) is 52.9 Å². The van der Waals surface area contributed by atoms with Crippen molar-refractivity contribution in [3.05, 3.63) is 23.8 Å². The van der Waals surface area contributed by atoms with E-state index in [9.17, 15) is 33.0 Å². The summed E-state index contributed by atoms with van der Waals surface area (Å²) in [6, 6.07) is 0. The molecule has 0 heterocycles. The molecule has 4 rings (SSSR count).